The Balaban J connectivity index is 2.80. The smallest absolute Gasteiger partial charge is 0.242 e. The standard InChI is InChI=1S/C12H19ClN2O2S/c1-9-4-5-12(11(13)6-9)18(16,17)15-8-10(2)7-14-3/h4-6,10,14-15H,7-8H2,1-3H3. The fraction of sp³-hybridized carbons (Fsp3) is 0.500. The van der Waals surface area contributed by atoms with Crippen molar-refractivity contribution in [2.45, 2.75) is 18.7 Å². The first-order valence-corrected chi connectivity index (χ1v) is 7.63. The lowest BCUT2D eigenvalue weighted by Crippen LogP contribution is -2.32. The van der Waals surface area contributed by atoms with Crippen molar-refractivity contribution < 1.29 is 8.42 Å². The Bertz CT molecular complexity index is 503. The molecule has 0 fully saturated rings. The number of halogens is 1. The Morgan fingerprint density at radius 1 is 1.33 bits per heavy atom. The summed E-state index contributed by atoms with van der Waals surface area (Å²) >= 11 is 5.96. The number of nitrogens with one attached hydrogen (secondary N) is 2. The van der Waals surface area contributed by atoms with Crippen LogP contribution >= 0.6 is 11.6 Å². The van der Waals surface area contributed by atoms with Crippen LogP contribution in [0.1, 0.15) is 12.5 Å². The van der Waals surface area contributed by atoms with Gasteiger partial charge >= 0.3 is 0 Å². The second kappa shape index (κ2) is 6.52. The van der Waals surface area contributed by atoms with Crippen molar-refractivity contribution >= 4 is 21.6 Å². The highest BCUT2D eigenvalue weighted by molar-refractivity contribution is 7.89. The van der Waals surface area contributed by atoms with Crippen LogP contribution in [0.4, 0.5) is 0 Å². The van der Waals surface area contributed by atoms with Crippen LogP contribution in [0.25, 0.3) is 0 Å². The van der Waals surface area contributed by atoms with E-state index in [1.807, 2.05) is 20.9 Å². The zero-order chi connectivity index (χ0) is 13.8. The lowest BCUT2D eigenvalue weighted by Gasteiger charge is -2.13. The van der Waals surface area contributed by atoms with E-state index in [1.54, 1.807) is 12.1 Å². The van der Waals surface area contributed by atoms with Crippen LogP contribution < -0.4 is 10.0 Å². The lowest BCUT2D eigenvalue weighted by atomic mass is 10.2. The molecule has 6 heteroatoms. The van der Waals surface area contributed by atoms with Gasteiger partial charge in [-0.3, -0.25) is 0 Å². The number of hydrogen-bond donors (Lipinski definition) is 2. The summed E-state index contributed by atoms with van der Waals surface area (Å²) in [5, 5.41) is 3.25. The monoisotopic (exact) mass is 290 g/mol. The van der Waals surface area contributed by atoms with Gasteiger partial charge in [-0.2, -0.15) is 0 Å². The molecule has 1 aromatic rings. The summed E-state index contributed by atoms with van der Waals surface area (Å²) in [6.07, 6.45) is 0. The highest BCUT2D eigenvalue weighted by Gasteiger charge is 2.18. The minimum Gasteiger partial charge on any atom is -0.319 e. The average molecular weight is 291 g/mol. The van der Waals surface area contributed by atoms with Gasteiger partial charge in [-0.15, -0.1) is 0 Å². The van der Waals surface area contributed by atoms with E-state index in [0.717, 1.165) is 12.1 Å². The van der Waals surface area contributed by atoms with E-state index >= 15 is 0 Å². The van der Waals surface area contributed by atoms with E-state index in [9.17, 15) is 8.42 Å². The maximum absolute atomic E-state index is 12.1. The van der Waals surface area contributed by atoms with Crippen LogP contribution in [0.15, 0.2) is 23.1 Å². The minimum atomic E-state index is -3.53. The van der Waals surface area contributed by atoms with E-state index < -0.39 is 10.0 Å². The molecule has 0 radical (unpaired) electrons. The van der Waals surface area contributed by atoms with Gasteiger partial charge in [0.1, 0.15) is 4.90 Å². The number of rotatable bonds is 6. The molecule has 0 aliphatic carbocycles. The molecule has 0 aliphatic heterocycles. The molecule has 0 saturated carbocycles. The summed E-state index contributed by atoms with van der Waals surface area (Å²) in [5.74, 6) is 0.217. The molecule has 1 atom stereocenters. The van der Waals surface area contributed by atoms with Gasteiger partial charge in [0, 0.05) is 6.54 Å². The van der Waals surface area contributed by atoms with Crippen LogP contribution in [0.5, 0.6) is 0 Å². The van der Waals surface area contributed by atoms with Gasteiger partial charge in [0.2, 0.25) is 10.0 Å². The maximum atomic E-state index is 12.1. The van der Waals surface area contributed by atoms with Crippen LogP contribution in [-0.2, 0) is 10.0 Å². The third kappa shape index (κ3) is 4.24. The van der Waals surface area contributed by atoms with Crippen molar-refractivity contribution in [3.8, 4) is 0 Å². The molecule has 0 bridgehead atoms. The molecule has 0 spiro atoms. The van der Waals surface area contributed by atoms with Crippen molar-refractivity contribution in [1.29, 1.82) is 0 Å². The number of benzene rings is 1. The summed E-state index contributed by atoms with van der Waals surface area (Å²) < 4.78 is 26.7. The van der Waals surface area contributed by atoms with Crippen LogP contribution in [0.2, 0.25) is 5.02 Å². The van der Waals surface area contributed by atoms with E-state index in [-0.39, 0.29) is 15.8 Å². The zero-order valence-electron chi connectivity index (χ0n) is 10.8. The normalized spacial score (nSPS) is 13.6. The molecule has 4 nitrogen and oxygen atoms in total. The number of sulfonamides is 1. The number of hydrogen-bond acceptors (Lipinski definition) is 3. The molecule has 2 N–H and O–H groups in total. The van der Waals surface area contributed by atoms with E-state index in [1.165, 1.54) is 6.07 Å². The molecule has 18 heavy (non-hydrogen) atoms. The van der Waals surface area contributed by atoms with E-state index in [2.05, 4.69) is 10.0 Å². The van der Waals surface area contributed by atoms with Gasteiger partial charge in [-0.1, -0.05) is 24.6 Å². The fourth-order valence-corrected chi connectivity index (χ4v) is 3.34. The van der Waals surface area contributed by atoms with E-state index in [0.29, 0.717) is 6.54 Å². The van der Waals surface area contributed by atoms with Crippen LogP contribution in [0.3, 0.4) is 0 Å². The largest absolute Gasteiger partial charge is 0.319 e. The first-order valence-electron chi connectivity index (χ1n) is 5.77. The summed E-state index contributed by atoms with van der Waals surface area (Å²) in [7, 11) is -1.70. The van der Waals surface area contributed by atoms with Gasteiger partial charge in [0.15, 0.2) is 0 Å². The second-order valence-corrected chi connectivity index (χ2v) is 6.59. The first-order chi connectivity index (χ1) is 8.36. The maximum Gasteiger partial charge on any atom is 0.242 e. The Hall–Kier alpha value is -0.620. The third-order valence-corrected chi connectivity index (χ3v) is 4.46. The van der Waals surface area contributed by atoms with Gasteiger partial charge < -0.3 is 5.32 Å². The third-order valence-electron chi connectivity index (χ3n) is 2.55. The van der Waals surface area contributed by atoms with Gasteiger partial charge in [-0.25, -0.2) is 13.1 Å². The Kier molecular flexibility index (Phi) is 5.59. The molecule has 1 aromatic carbocycles. The second-order valence-electron chi connectivity index (χ2n) is 4.45. The summed E-state index contributed by atoms with van der Waals surface area (Å²) in [4.78, 5) is 0.131. The predicted molar refractivity (Wildman–Crippen MR) is 74.5 cm³/mol. The zero-order valence-corrected chi connectivity index (χ0v) is 12.4. The molecular weight excluding hydrogens is 272 g/mol. The first kappa shape index (κ1) is 15.4. The summed E-state index contributed by atoms with van der Waals surface area (Å²) in [6, 6.07) is 4.91. The van der Waals surface area contributed by atoms with Crippen LogP contribution in [-0.4, -0.2) is 28.6 Å². The predicted octanol–water partition coefficient (Wildman–Crippen LogP) is 1.78. The molecule has 1 rings (SSSR count). The van der Waals surface area contributed by atoms with Crippen molar-refractivity contribution in [2.24, 2.45) is 5.92 Å². The number of aryl methyl sites for hydroxylation is 1. The van der Waals surface area contributed by atoms with Crippen molar-refractivity contribution in [3.05, 3.63) is 28.8 Å². The van der Waals surface area contributed by atoms with Gasteiger partial charge in [-0.05, 0) is 44.1 Å². The Morgan fingerprint density at radius 3 is 2.56 bits per heavy atom. The van der Waals surface area contributed by atoms with Crippen LogP contribution in [0, 0.1) is 12.8 Å². The highest BCUT2D eigenvalue weighted by atomic mass is 35.5. The molecule has 1 unspecified atom stereocenters. The molecule has 0 aliphatic rings. The highest BCUT2D eigenvalue weighted by Crippen LogP contribution is 2.22. The topological polar surface area (TPSA) is 58.2 Å². The van der Waals surface area contributed by atoms with Crippen molar-refractivity contribution in [3.63, 3.8) is 0 Å². The van der Waals surface area contributed by atoms with Crippen molar-refractivity contribution in [2.75, 3.05) is 20.1 Å². The van der Waals surface area contributed by atoms with Gasteiger partial charge in [0.05, 0.1) is 5.02 Å². The summed E-state index contributed by atoms with van der Waals surface area (Å²) in [5.41, 5.74) is 0.933. The fourth-order valence-electron chi connectivity index (χ4n) is 1.57. The Labute approximate surface area is 114 Å². The van der Waals surface area contributed by atoms with Gasteiger partial charge in [0.25, 0.3) is 0 Å². The Morgan fingerprint density at radius 2 is 2.00 bits per heavy atom. The molecular formula is C12H19ClN2O2S. The average Bonchev–Trinajstić information content (AvgIpc) is 2.26. The SMILES string of the molecule is CNCC(C)CNS(=O)(=O)c1ccc(C)cc1Cl. The molecule has 0 aromatic heterocycles. The quantitative estimate of drug-likeness (QED) is 0.840. The van der Waals surface area contributed by atoms with E-state index in [4.69, 9.17) is 11.6 Å². The molecule has 0 heterocycles. The molecule has 102 valence electrons. The molecule has 0 amide bonds. The molecule has 0 saturated heterocycles. The van der Waals surface area contributed by atoms with Crippen molar-refractivity contribution in [1.82, 2.24) is 10.0 Å². The lowest BCUT2D eigenvalue weighted by molar-refractivity contribution is 0.519. The summed E-state index contributed by atoms with van der Waals surface area (Å²) in [6.45, 7) is 4.97. The minimum absolute atomic E-state index is 0.131.